The molecule has 2 aliphatic heterocycles. The molecule has 2 aliphatic rings. The van der Waals surface area contributed by atoms with Crippen LogP contribution in [0.3, 0.4) is 0 Å². The molecule has 0 bridgehead atoms. The number of fused-ring (bicyclic) bond motifs is 1. The SMILES string of the molecule is CCc1nn(CC(F)F)c2nc(N3CCC4(CN(c5ccnc(C(F)(F)F)c5)C4)C3)ncc12. The quantitative estimate of drug-likeness (QED) is 0.533. The van der Waals surface area contributed by atoms with E-state index in [9.17, 15) is 22.0 Å². The normalized spacial score (nSPS) is 18.0. The molecule has 1 spiro atoms. The number of anilines is 2. The van der Waals surface area contributed by atoms with Crippen LogP contribution in [0.2, 0.25) is 0 Å². The molecule has 2 saturated heterocycles. The number of aryl methyl sites for hydroxylation is 1. The maximum atomic E-state index is 13.0. The second-order valence-corrected chi connectivity index (χ2v) is 8.71. The zero-order valence-electron chi connectivity index (χ0n) is 17.9. The van der Waals surface area contributed by atoms with Crippen molar-refractivity contribution in [2.75, 3.05) is 36.0 Å². The molecule has 0 aliphatic carbocycles. The summed E-state index contributed by atoms with van der Waals surface area (Å²) in [6.45, 7) is 3.95. The molecule has 0 atom stereocenters. The first-order valence-electron chi connectivity index (χ1n) is 10.7. The van der Waals surface area contributed by atoms with E-state index in [1.807, 2.05) is 16.7 Å². The highest BCUT2D eigenvalue weighted by Crippen LogP contribution is 2.43. The predicted octanol–water partition coefficient (Wildman–Crippen LogP) is 3.78. The number of hydrogen-bond donors (Lipinski definition) is 0. The van der Waals surface area contributed by atoms with Crippen molar-refractivity contribution < 1.29 is 22.0 Å². The number of hydrogen-bond acceptors (Lipinski definition) is 6. The Hall–Kier alpha value is -3.05. The lowest BCUT2D eigenvalue weighted by atomic mass is 9.79. The third-order valence-corrected chi connectivity index (χ3v) is 6.37. The molecule has 3 aromatic rings. The first-order chi connectivity index (χ1) is 15.7. The van der Waals surface area contributed by atoms with Gasteiger partial charge in [0.05, 0.1) is 11.1 Å². The molecular formula is C21H22F5N7. The lowest BCUT2D eigenvalue weighted by Crippen LogP contribution is -2.57. The summed E-state index contributed by atoms with van der Waals surface area (Å²) in [6, 6.07) is 2.66. The van der Waals surface area contributed by atoms with Gasteiger partial charge in [0.2, 0.25) is 5.95 Å². The van der Waals surface area contributed by atoms with Crippen molar-refractivity contribution in [2.45, 2.75) is 38.9 Å². The molecule has 0 radical (unpaired) electrons. The van der Waals surface area contributed by atoms with E-state index in [0.717, 1.165) is 12.5 Å². The number of rotatable bonds is 5. The van der Waals surface area contributed by atoms with Gasteiger partial charge in [-0.3, -0.25) is 4.98 Å². The lowest BCUT2D eigenvalue weighted by molar-refractivity contribution is -0.141. The molecule has 5 heterocycles. The number of nitrogens with zero attached hydrogens (tertiary/aromatic N) is 7. The molecule has 0 N–H and O–H groups in total. The molecule has 33 heavy (non-hydrogen) atoms. The minimum absolute atomic E-state index is 0.0716. The molecule has 7 nitrogen and oxygen atoms in total. The van der Waals surface area contributed by atoms with Crippen LogP contribution in [0, 0.1) is 5.41 Å². The van der Waals surface area contributed by atoms with Crippen molar-refractivity contribution in [3.8, 4) is 0 Å². The maximum Gasteiger partial charge on any atom is 0.433 e. The van der Waals surface area contributed by atoms with Crippen LogP contribution in [0.5, 0.6) is 0 Å². The number of aromatic nitrogens is 5. The number of halogens is 5. The van der Waals surface area contributed by atoms with Gasteiger partial charge in [-0.05, 0) is 25.0 Å². The van der Waals surface area contributed by atoms with Gasteiger partial charge in [0.1, 0.15) is 12.2 Å². The van der Waals surface area contributed by atoms with Gasteiger partial charge >= 0.3 is 6.18 Å². The Morgan fingerprint density at radius 3 is 2.58 bits per heavy atom. The second-order valence-electron chi connectivity index (χ2n) is 8.71. The average Bonchev–Trinajstić information content (AvgIpc) is 3.34. The van der Waals surface area contributed by atoms with Crippen LogP contribution in [-0.2, 0) is 19.1 Å². The van der Waals surface area contributed by atoms with Gasteiger partial charge in [0.25, 0.3) is 6.43 Å². The molecule has 0 saturated carbocycles. The van der Waals surface area contributed by atoms with Crippen LogP contribution in [0.15, 0.2) is 24.5 Å². The smallest absolute Gasteiger partial charge is 0.370 e. The zero-order chi connectivity index (χ0) is 23.4. The molecular weight excluding hydrogens is 445 g/mol. The van der Waals surface area contributed by atoms with Gasteiger partial charge < -0.3 is 9.80 Å². The largest absolute Gasteiger partial charge is 0.433 e. The molecule has 176 valence electrons. The summed E-state index contributed by atoms with van der Waals surface area (Å²) in [7, 11) is 0. The van der Waals surface area contributed by atoms with E-state index in [0.29, 0.717) is 61.0 Å². The van der Waals surface area contributed by atoms with Gasteiger partial charge in [0.15, 0.2) is 5.65 Å². The molecule has 0 amide bonds. The second kappa shape index (κ2) is 7.77. The van der Waals surface area contributed by atoms with Crippen LogP contribution in [0.1, 0.15) is 24.7 Å². The molecule has 0 unspecified atom stereocenters. The molecule has 0 aromatic carbocycles. The topological polar surface area (TPSA) is 63.0 Å². The van der Waals surface area contributed by atoms with Gasteiger partial charge in [-0.15, -0.1) is 0 Å². The van der Waals surface area contributed by atoms with E-state index in [1.54, 1.807) is 12.3 Å². The van der Waals surface area contributed by atoms with E-state index in [4.69, 9.17) is 0 Å². The molecule has 12 heteroatoms. The maximum absolute atomic E-state index is 13.0. The number of alkyl halides is 5. The highest BCUT2D eigenvalue weighted by atomic mass is 19.4. The summed E-state index contributed by atoms with van der Waals surface area (Å²) < 4.78 is 66.1. The third kappa shape index (κ3) is 3.95. The summed E-state index contributed by atoms with van der Waals surface area (Å²) in [6.07, 6.45) is -2.77. The monoisotopic (exact) mass is 467 g/mol. The highest BCUT2D eigenvalue weighted by Gasteiger charge is 2.48. The zero-order valence-corrected chi connectivity index (χ0v) is 17.9. The molecule has 3 aromatic heterocycles. The van der Waals surface area contributed by atoms with Crippen molar-refractivity contribution in [1.29, 1.82) is 0 Å². The summed E-state index contributed by atoms with van der Waals surface area (Å²) in [5.74, 6) is 0.458. The van der Waals surface area contributed by atoms with Crippen LogP contribution in [0.4, 0.5) is 33.6 Å². The Labute approximate surface area is 186 Å². The summed E-state index contributed by atoms with van der Waals surface area (Å²) >= 11 is 0. The molecule has 2 fully saturated rings. The first kappa shape index (κ1) is 21.8. The van der Waals surface area contributed by atoms with Crippen LogP contribution >= 0.6 is 0 Å². The van der Waals surface area contributed by atoms with Gasteiger partial charge in [-0.2, -0.15) is 23.3 Å². The van der Waals surface area contributed by atoms with Crippen molar-refractivity contribution >= 4 is 22.7 Å². The van der Waals surface area contributed by atoms with E-state index >= 15 is 0 Å². The van der Waals surface area contributed by atoms with Crippen molar-refractivity contribution in [2.24, 2.45) is 5.41 Å². The van der Waals surface area contributed by atoms with Crippen molar-refractivity contribution in [3.63, 3.8) is 0 Å². The predicted molar refractivity (Wildman–Crippen MR) is 111 cm³/mol. The third-order valence-electron chi connectivity index (χ3n) is 6.37. The van der Waals surface area contributed by atoms with Gasteiger partial charge in [-0.1, -0.05) is 6.92 Å². The van der Waals surface area contributed by atoms with E-state index < -0.39 is 24.8 Å². The Balaban J connectivity index is 1.32. The number of pyridine rings is 1. The fourth-order valence-corrected chi connectivity index (χ4v) is 4.76. The fraction of sp³-hybridized carbons (Fsp3) is 0.524. The minimum atomic E-state index is -4.48. The average molecular weight is 467 g/mol. The van der Waals surface area contributed by atoms with E-state index in [1.165, 1.54) is 10.9 Å². The van der Waals surface area contributed by atoms with Crippen molar-refractivity contribution in [3.05, 3.63) is 35.9 Å². The Kier molecular flexibility index (Phi) is 5.13. The van der Waals surface area contributed by atoms with Crippen LogP contribution < -0.4 is 9.80 Å². The van der Waals surface area contributed by atoms with Crippen LogP contribution in [0.25, 0.3) is 11.0 Å². The van der Waals surface area contributed by atoms with E-state index in [-0.39, 0.29) is 5.41 Å². The highest BCUT2D eigenvalue weighted by molar-refractivity contribution is 5.78. The fourth-order valence-electron chi connectivity index (χ4n) is 4.76. The summed E-state index contributed by atoms with van der Waals surface area (Å²) in [5.41, 5.74) is 0.604. The minimum Gasteiger partial charge on any atom is -0.370 e. The summed E-state index contributed by atoms with van der Waals surface area (Å²) in [4.78, 5) is 16.4. The molecule has 5 rings (SSSR count). The summed E-state index contributed by atoms with van der Waals surface area (Å²) in [5, 5.41) is 4.93. The Bertz CT molecular complexity index is 1170. The van der Waals surface area contributed by atoms with Crippen LogP contribution in [-0.4, -0.2) is 57.3 Å². The first-order valence-corrected chi connectivity index (χ1v) is 10.7. The Morgan fingerprint density at radius 1 is 1.12 bits per heavy atom. The Morgan fingerprint density at radius 2 is 1.88 bits per heavy atom. The van der Waals surface area contributed by atoms with Gasteiger partial charge in [0, 0.05) is 49.7 Å². The van der Waals surface area contributed by atoms with Gasteiger partial charge in [-0.25, -0.2) is 18.4 Å². The van der Waals surface area contributed by atoms with E-state index in [2.05, 4.69) is 20.1 Å². The van der Waals surface area contributed by atoms with Crippen molar-refractivity contribution in [1.82, 2.24) is 24.7 Å². The lowest BCUT2D eigenvalue weighted by Gasteiger charge is -2.49. The standard InChI is InChI=1S/C21H22F5N7/c1-2-15-14-8-28-19(29-18(14)33(30-15)9-17(22)23)31-6-4-20(10-31)11-32(12-20)13-3-5-27-16(7-13)21(24,25)26/h3,5,7-8,17H,2,4,6,9-12H2,1H3.